The van der Waals surface area contributed by atoms with E-state index in [9.17, 15) is 14.7 Å². The molecular formula is C15H19BrClN3O4. The van der Waals surface area contributed by atoms with Crippen molar-refractivity contribution in [1.82, 2.24) is 15.2 Å². The first-order chi connectivity index (χ1) is 11.0. The quantitative estimate of drug-likeness (QED) is 0.715. The summed E-state index contributed by atoms with van der Waals surface area (Å²) in [7, 11) is 0. The standard InChI is InChI=1S/C15H19BrClN3O4/c1-15(2,3)24-14(23)20-6-9(18-10(7-20)13(21)22)8-4-11(16)19-12(17)5-8/h4-5,9-10,18H,6-7H2,1-3H3,(H,21,22). The van der Waals surface area contributed by atoms with Crippen LogP contribution >= 0.6 is 27.5 Å². The minimum Gasteiger partial charge on any atom is -0.480 e. The number of halogens is 2. The summed E-state index contributed by atoms with van der Waals surface area (Å²) in [5.41, 5.74) is 0.0838. The lowest BCUT2D eigenvalue weighted by Crippen LogP contribution is -2.57. The van der Waals surface area contributed by atoms with Crippen molar-refractivity contribution in [3.63, 3.8) is 0 Å². The van der Waals surface area contributed by atoms with Gasteiger partial charge in [0.1, 0.15) is 21.4 Å². The number of rotatable bonds is 2. The first-order valence-corrected chi connectivity index (χ1v) is 8.52. The SMILES string of the molecule is CC(C)(C)OC(=O)N1CC(C(=O)O)NC(c2cc(Cl)nc(Br)c2)C1. The van der Waals surface area contributed by atoms with Crippen molar-refractivity contribution in [2.75, 3.05) is 13.1 Å². The molecule has 1 fully saturated rings. The summed E-state index contributed by atoms with van der Waals surface area (Å²) in [6.45, 7) is 5.59. The molecule has 1 amide bonds. The largest absolute Gasteiger partial charge is 0.480 e. The Labute approximate surface area is 153 Å². The number of aromatic nitrogens is 1. The fourth-order valence-corrected chi connectivity index (χ4v) is 3.15. The molecule has 132 valence electrons. The van der Waals surface area contributed by atoms with E-state index in [1.54, 1.807) is 32.9 Å². The van der Waals surface area contributed by atoms with Crippen LogP contribution in [0.4, 0.5) is 4.79 Å². The first-order valence-electron chi connectivity index (χ1n) is 7.35. The molecule has 2 rings (SSSR count). The van der Waals surface area contributed by atoms with Gasteiger partial charge in [0.25, 0.3) is 0 Å². The number of piperazine rings is 1. The number of ether oxygens (including phenoxy) is 1. The number of hydrogen-bond donors (Lipinski definition) is 2. The van der Waals surface area contributed by atoms with Gasteiger partial charge in [0.15, 0.2) is 0 Å². The second-order valence-electron chi connectivity index (χ2n) is 6.54. The highest BCUT2D eigenvalue weighted by molar-refractivity contribution is 9.10. The lowest BCUT2D eigenvalue weighted by Gasteiger charge is -2.38. The van der Waals surface area contributed by atoms with Crippen molar-refractivity contribution in [2.24, 2.45) is 0 Å². The van der Waals surface area contributed by atoms with E-state index in [-0.39, 0.29) is 18.2 Å². The van der Waals surface area contributed by atoms with Gasteiger partial charge in [0, 0.05) is 6.54 Å². The topological polar surface area (TPSA) is 91.8 Å². The molecule has 0 radical (unpaired) electrons. The summed E-state index contributed by atoms with van der Waals surface area (Å²) in [5, 5.41) is 12.7. The minimum absolute atomic E-state index is 0.0285. The summed E-state index contributed by atoms with van der Waals surface area (Å²) in [6, 6.07) is 2.08. The number of carbonyl (C=O) groups is 2. The highest BCUT2D eigenvalue weighted by Crippen LogP contribution is 2.25. The number of hydrogen-bond acceptors (Lipinski definition) is 5. The normalized spacial score (nSPS) is 21.5. The maximum atomic E-state index is 12.3. The van der Waals surface area contributed by atoms with Gasteiger partial charge in [-0.3, -0.25) is 10.1 Å². The molecule has 0 aromatic carbocycles. The average molecular weight is 421 g/mol. The fraction of sp³-hybridized carbons (Fsp3) is 0.533. The Bertz CT molecular complexity index is 630. The molecule has 1 aromatic rings. The maximum absolute atomic E-state index is 12.3. The number of carboxylic acid groups (broad SMARTS) is 1. The Hall–Kier alpha value is -1.38. The lowest BCUT2D eigenvalue weighted by molar-refractivity contribution is -0.141. The monoisotopic (exact) mass is 419 g/mol. The molecule has 0 aliphatic carbocycles. The molecule has 0 spiro atoms. The Morgan fingerprint density at radius 2 is 2.08 bits per heavy atom. The van der Waals surface area contributed by atoms with Gasteiger partial charge in [-0.05, 0) is 54.4 Å². The van der Waals surface area contributed by atoms with Crippen molar-refractivity contribution < 1.29 is 19.4 Å². The van der Waals surface area contributed by atoms with E-state index in [2.05, 4.69) is 26.2 Å². The van der Waals surface area contributed by atoms with Gasteiger partial charge in [-0.25, -0.2) is 9.78 Å². The van der Waals surface area contributed by atoms with Crippen LogP contribution in [0, 0.1) is 0 Å². The van der Waals surface area contributed by atoms with Gasteiger partial charge >= 0.3 is 12.1 Å². The number of nitrogens with one attached hydrogen (secondary N) is 1. The highest BCUT2D eigenvalue weighted by atomic mass is 79.9. The average Bonchev–Trinajstić information content (AvgIpc) is 2.43. The predicted molar refractivity (Wildman–Crippen MR) is 92.1 cm³/mol. The first kappa shape index (κ1) is 19.0. The van der Waals surface area contributed by atoms with E-state index in [1.165, 1.54) is 4.90 Å². The van der Waals surface area contributed by atoms with E-state index >= 15 is 0 Å². The third-order valence-electron chi connectivity index (χ3n) is 3.35. The van der Waals surface area contributed by atoms with Crippen molar-refractivity contribution in [1.29, 1.82) is 0 Å². The molecule has 0 bridgehead atoms. The molecule has 2 unspecified atom stereocenters. The van der Waals surface area contributed by atoms with E-state index in [1.807, 2.05) is 0 Å². The molecule has 2 N–H and O–H groups in total. The molecule has 24 heavy (non-hydrogen) atoms. The molecule has 1 aliphatic heterocycles. The summed E-state index contributed by atoms with van der Waals surface area (Å²) < 4.78 is 5.89. The second kappa shape index (κ2) is 7.25. The Balaban J connectivity index is 2.25. The van der Waals surface area contributed by atoms with Crippen LogP contribution in [0.2, 0.25) is 5.15 Å². The molecule has 1 aromatic heterocycles. The summed E-state index contributed by atoms with van der Waals surface area (Å²) in [6.07, 6.45) is -0.542. The van der Waals surface area contributed by atoms with Gasteiger partial charge in [0.2, 0.25) is 0 Å². The number of pyridine rings is 1. The Morgan fingerprint density at radius 3 is 2.62 bits per heavy atom. The summed E-state index contributed by atoms with van der Waals surface area (Å²) in [4.78, 5) is 29.2. The minimum atomic E-state index is -1.03. The van der Waals surface area contributed by atoms with E-state index in [0.717, 1.165) is 5.56 Å². The van der Waals surface area contributed by atoms with Crippen molar-refractivity contribution in [3.8, 4) is 0 Å². The van der Waals surface area contributed by atoms with Gasteiger partial charge in [-0.15, -0.1) is 0 Å². The third kappa shape index (κ3) is 5.06. The van der Waals surface area contributed by atoms with Gasteiger partial charge in [-0.2, -0.15) is 0 Å². The molecule has 0 saturated carbocycles. The van der Waals surface area contributed by atoms with Crippen LogP contribution in [0.15, 0.2) is 16.7 Å². The van der Waals surface area contributed by atoms with Gasteiger partial charge < -0.3 is 14.7 Å². The number of nitrogens with zero attached hydrogens (tertiary/aromatic N) is 2. The number of carboxylic acids is 1. The zero-order chi connectivity index (χ0) is 18.1. The number of aliphatic carboxylic acids is 1. The zero-order valence-electron chi connectivity index (χ0n) is 13.5. The van der Waals surface area contributed by atoms with Gasteiger partial charge in [-0.1, -0.05) is 11.6 Å². The molecule has 1 saturated heterocycles. The molecule has 2 heterocycles. The maximum Gasteiger partial charge on any atom is 0.410 e. The van der Waals surface area contributed by atoms with Crippen molar-refractivity contribution in [3.05, 3.63) is 27.5 Å². The van der Waals surface area contributed by atoms with Crippen LogP contribution in [0.25, 0.3) is 0 Å². The van der Waals surface area contributed by atoms with E-state index in [4.69, 9.17) is 16.3 Å². The lowest BCUT2D eigenvalue weighted by atomic mass is 10.0. The van der Waals surface area contributed by atoms with E-state index < -0.39 is 29.7 Å². The molecule has 7 nitrogen and oxygen atoms in total. The molecule has 9 heteroatoms. The molecule has 1 aliphatic rings. The number of carbonyl (C=O) groups excluding carboxylic acids is 1. The molecular weight excluding hydrogens is 402 g/mol. The third-order valence-corrected chi connectivity index (χ3v) is 3.95. The van der Waals surface area contributed by atoms with Crippen LogP contribution in [0.5, 0.6) is 0 Å². The number of amides is 1. The van der Waals surface area contributed by atoms with Crippen LogP contribution in [0.3, 0.4) is 0 Å². The Kier molecular flexibility index (Phi) is 5.72. The fourth-order valence-electron chi connectivity index (χ4n) is 2.37. The summed E-state index contributed by atoms with van der Waals surface area (Å²) >= 11 is 9.23. The van der Waals surface area contributed by atoms with Crippen LogP contribution in [-0.4, -0.2) is 51.8 Å². The zero-order valence-corrected chi connectivity index (χ0v) is 15.9. The van der Waals surface area contributed by atoms with E-state index in [0.29, 0.717) is 4.60 Å². The molecule has 2 atom stereocenters. The summed E-state index contributed by atoms with van der Waals surface area (Å²) in [5.74, 6) is -1.03. The van der Waals surface area contributed by atoms with Crippen LogP contribution in [0.1, 0.15) is 32.4 Å². The van der Waals surface area contributed by atoms with Crippen molar-refractivity contribution >= 4 is 39.6 Å². The Morgan fingerprint density at radius 1 is 1.42 bits per heavy atom. The van der Waals surface area contributed by atoms with Crippen LogP contribution < -0.4 is 5.32 Å². The predicted octanol–water partition coefficient (Wildman–Crippen LogP) is 2.83. The van der Waals surface area contributed by atoms with Crippen molar-refractivity contribution in [2.45, 2.75) is 38.5 Å². The highest BCUT2D eigenvalue weighted by Gasteiger charge is 2.36. The van der Waals surface area contributed by atoms with Crippen LogP contribution in [-0.2, 0) is 9.53 Å². The van der Waals surface area contributed by atoms with Gasteiger partial charge in [0.05, 0.1) is 12.6 Å². The second-order valence-corrected chi connectivity index (χ2v) is 7.74. The smallest absolute Gasteiger partial charge is 0.410 e.